The van der Waals surface area contributed by atoms with Crippen LogP contribution in [-0.4, -0.2) is 49.2 Å². The van der Waals surface area contributed by atoms with Crippen LogP contribution in [0.15, 0.2) is 12.1 Å². The Balaban J connectivity index is 2.33. The fourth-order valence-electron chi connectivity index (χ4n) is 2.29. The standard InChI is InChI=1S/C13H18FN3O2/c1-16-3-2-4-17(6-5-16)12-7-9(13(18)19)11(15)8-10(12)14/h7-8H,2-6,15H2,1H3,(H,18,19). The summed E-state index contributed by atoms with van der Waals surface area (Å²) >= 11 is 0. The van der Waals surface area contributed by atoms with E-state index in [4.69, 9.17) is 10.8 Å². The summed E-state index contributed by atoms with van der Waals surface area (Å²) in [5, 5.41) is 9.05. The molecule has 1 aromatic carbocycles. The van der Waals surface area contributed by atoms with Crippen molar-refractivity contribution in [3.63, 3.8) is 0 Å². The van der Waals surface area contributed by atoms with Crippen LogP contribution in [0.5, 0.6) is 0 Å². The molecule has 0 aromatic heterocycles. The monoisotopic (exact) mass is 267 g/mol. The third kappa shape index (κ3) is 2.96. The van der Waals surface area contributed by atoms with E-state index in [9.17, 15) is 9.18 Å². The smallest absolute Gasteiger partial charge is 0.337 e. The first-order valence-electron chi connectivity index (χ1n) is 6.25. The zero-order valence-corrected chi connectivity index (χ0v) is 10.9. The first kappa shape index (κ1) is 13.6. The lowest BCUT2D eigenvalue weighted by molar-refractivity contribution is 0.0698. The zero-order chi connectivity index (χ0) is 14.0. The Hall–Kier alpha value is -1.82. The lowest BCUT2D eigenvalue weighted by Crippen LogP contribution is -2.29. The molecule has 0 radical (unpaired) electrons. The number of hydrogen-bond acceptors (Lipinski definition) is 4. The molecule has 1 aliphatic rings. The number of carboxylic acid groups (broad SMARTS) is 1. The van der Waals surface area contributed by atoms with Gasteiger partial charge >= 0.3 is 5.97 Å². The van der Waals surface area contributed by atoms with Gasteiger partial charge in [-0.1, -0.05) is 0 Å². The lowest BCUT2D eigenvalue weighted by Gasteiger charge is -2.24. The van der Waals surface area contributed by atoms with E-state index >= 15 is 0 Å². The fraction of sp³-hybridized carbons (Fsp3) is 0.462. The molecule has 6 heteroatoms. The van der Waals surface area contributed by atoms with E-state index in [1.165, 1.54) is 6.07 Å². The molecule has 1 fully saturated rings. The number of nitrogens with two attached hydrogens (primary N) is 1. The summed E-state index contributed by atoms with van der Waals surface area (Å²) in [4.78, 5) is 15.1. The molecule has 0 saturated carbocycles. The minimum absolute atomic E-state index is 0.0410. The number of likely N-dealkylation sites (N-methyl/N-ethyl adjacent to an activating group) is 1. The number of carbonyl (C=O) groups is 1. The number of benzene rings is 1. The molecule has 5 nitrogen and oxygen atoms in total. The highest BCUT2D eigenvalue weighted by molar-refractivity contribution is 5.95. The maximum atomic E-state index is 14.0. The second-order valence-electron chi connectivity index (χ2n) is 4.84. The van der Waals surface area contributed by atoms with Gasteiger partial charge in [0.1, 0.15) is 5.82 Å². The number of carboxylic acids is 1. The Kier molecular flexibility index (Phi) is 3.90. The maximum Gasteiger partial charge on any atom is 0.337 e. The largest absolute Gasteiger partial charge is 0.478 e. The minimum atomic E-state index is -1.13. The van der Waals surface area contributed by atoms with Gasteiger partial charge in [0.25, 0.3) is 0 Å². The summed E-state index contributed by atoms with van der Waals surface area (Å²) in [5.41, 5.74) is 5.76. The van der Waals surface area contributed by atoms with E-state index in [2.05, 4.69) is 4.90 Å². The number of anilines is 2. The van der Waals surface area contributed by atoms with Gasteiger partial charge in [0.15, 0.2) is 0 Å². The highest BCUT2D eigenvalue weighted by Gasteiger charge is 2.19. The number of hydrogen-bond donors (Lipinski definition) is 2. The highest BCUT2D eigenvalue weighted by Crippen LogP contribution is 2.26. The van der Waals surface area contributed by atoms with Crippen molar-refractivity contribution in [1.29, 1.82) is 0 Å². The molecule has 0 unspecified atom stereocenters. The van der Waals surface area contributed by atoms with Crippen molar-refractivity contribution in [1.82, 2.24) is 4.90 Å². The molecule has 0 bridgehead atoms. The lowest BCUT2D eigenvalue weighted by atomic mass is 10.1. The topological polar surface area (TPSA) is 69.8 Å². The van der Waals surface area contributed by atoms with Crippen LogP contribution in [0, 0.1) is 5.82 Å². The predicted molar refractivity (Wildman–Crippen MR) is 72.1 cm³/mol. The van der Waals surface area contributed by atoms with Crippen molar-refractivity contribution < 1.29 is 14.3 Å². The third-order valence-electron chi connectivity index (χ3n) is 3.41. The van der Waals surface area contributed by atoms with E-state index in [1.807, 2.05) is 11.9 Å². The van der Waals surface area contributed by atoms with Crippen molar-refractivity contribution in [2.45, 2.75) is 6.42 Å². The molecule has 0 atom stereocenters. The average Bonchev–Trinajstić information content (AvgIpc) is 2.54. The van der Waals surface area contributed by atoms with Gasteiger partial charge in [-0.15, -0.1) is 0 Å². The molecular formula is C13H18FN3O2. The first-order valence-corrected chi connectivity index (χ1v) is 6.25. The summed E-state index contributed by atoms with van der Waals surface area (Å²) in [5.74, 6) is -1.60. The van der Waals surface area contributed by atoms with Crippen LogP contribution in [0.4, 0.5) is 15.8 Å². The molecule has 0 aliphatic carbocycles. The molecule has 1 heterocycles. The first-order chi connectivity index (χ1) is 8.99. The quantitative estimate of drug-likeness (QED) is 0.789. The number of nitrogens with zero attached hydrogens (tertiary/aromatic N) is 2. The van der Waals surface area contributed by atoms with Gasteiger partial charge in [0, 0.05) is 25.3 Å². The van der Waals surface area contributed by atoms with Crippen LogP contribution in [0.1, 0.15) is 16.8 Å². The Morgan fingerprint density at radius 3 is 2.74 bits per heavy atom. The fourth-order valence-corrected chi connectivity index (χ4v) is 2.29. The molecule has 0 spiro atoms. The van der Waals surface area contributed by atoms with Crippen molar-refractivity contribution in [2.24, 2.45) is 0 Å². The van der Waals surface area contributed by atoms with E-state index in [0.29, 0.717) is 18.8 Å². The Morgan fingerprint density at radius 1 is 1.32 bits per heavy atom. The maximum absolute atomic E-state index is 14.0. The van der Waals surface area contributed by atoms with Gasteiger partial charge in [-0.05, 0) is 32.1 Å². The van der Waals surface area contributed by atoms with Gasteiger partial charge in [-0.3, -0.25) is 0 Å². The van der Waals surface area contributed by atoms with Gasteiger partial charge < -0.3 is 20.6 Å². The molecule has 1 aromatic rings. The molecule has 3 N–H and O–H groups in total. The number of halogens is 1. The Bertz CT molecular complexity index is 493. The van der Waals surface area contributed by atoms with Gasteiger partial charge in [0.2, 0.25) is 0 Å². The molecule has 19 heavy (non-hydrogen) atoms. The molecular weight excluding hydrogens is 249 g/mol. The van der Waals surface area contributed by atoms with Gasteiger partial charge in [0.05, 0.1) is 11.3 Å². The van der Waals surface area contributed by atoms with E-state index in [0.717, 1.165) is 25.6 Å². The summed E-state index contributed by atoms with van der Waals surface area (Å²) in [7, 11) is 2.02. The third-order valence-corrected chi connectivity index (χ3v) is 3.41. The zero-order valence-electron chi connectivity index (χ0n) is 10.9. The van der Waals surface area contributed by atoms with Gasteiger partial charge in [-0.25, -0.2) is 9.18 Å². The van der Waals surface area contributed by atoms with E-state index in [-0.39, 0.29) is 11.3 Å². The summed E-state index contributed by atoms with van der Waals surface area (Å²) < 4.78 is 14.0. The van der Waals surface area contributed by atoms with Crippen molar-refractivity contribution in [2.75, 3.05) is 43.9 Å². The number of aromatic carboxylic acids is 1. The molecule has 2 rings (SSSR count). The second-order valence-corrected chi connectivity index (χ2v) is 4.84. The predicted octanol–water partition coefficient (Wildman–Crippen LogP) is 1.25. The van der Waals surface area contributed by atoms with Crippen LogP contribution in [0.2, 0.25) is 0 Å². The minimum Gasteiger partial charge on any atom is -0.478 e. The van der Waals surface area contributed by atoms with E-state index < -0.39 is 11.8 Å². The van der Waals surface area contributed by atoms with Crippen molar-refractivity contribution in [3.8, 4) is 0 Å². The Morgan fingerprint density at radius 2 is 2.05 bits per heavy atom. The summed E-state index contributed by atoms with van der Waals surface area (Å²) in [6, 6.07) is 2.42. The van der Waals surface area contributed by atoms with Gasteiger partial charge in [-0.2, -0.15) is 0 Å². The summed E-state index contributed by atoms with van der Waals surface area (Å²) in [6.45, 7) is 3.17. The molecule has 104 valence electrons. The van der Waals surface area contributed by atoms with Crippen LogP contribution in [0.25, 0.3) is 0 Å². The van der Waals surface area contributed by atoms with Crippen molar-refractivity contribution >= 4 is 17.3 Å². The summed E-state index contributed by atoms with van der Waals surface area (Å²) in [6.07, 6.45) is 0.919. The molecule has 1 aliphatic heterocycles. The SMILES string of the molecule is CN1CCCN(c2cc(C(=O)O)c(N)cc2F)CC1. The average molecular weight is 267 g/mol. The normalized spacial score (nSPS) is 17.3. The number of nitrogen functional groups attached to an aromatic ring is 1. The second kappa shape index (κ2) is 5.44. The van der Waals surface area contributed by atoms with Crippen LogP contribution in [0.3, 0.4) is 0 Å². The van der Waals surface area contributed by atoms with Crippen LogP contribution < -0.4 is 10.6 Å². The Labute approximate surface area is 111 Å². The number of rotatable bonds is 2. The van der Waals surface area contributed by atoms with Crippen LogP contribution in [-0.2, 0) is 0 Å². The van der Waals surface area contributed by atoms with E-state index in [1.54, 1.807) is 0 Å². The highest BCUT2D eigenvalue weighted by atomic mass is 19.1. The molecule has 1 saturated heterocycles. The van der Waals surface area contributed by atoms with Crippen molar-refractivity contribution in [3.05, 3.63) is 23.5 Å². The molecule has 0 amide bonds. The van der Waals surface area contributed by atoms with Crippen LogP contribution >= 0.6 is 0 Å².